The Morgan fingerprint density at radius 1 is 1.25 bits per heavy atom. The molecule has 0 bridgehead atoms. The number of likely N-dealkylation sites (N-methyl/N-ethyl adjacent to an activating group) is 2. The molecule has 1 heterocycles. The first-order chi connectivity index (χ1) is 11.5. The number of aryl methyl sites for hydroxylation is 1. The molecule has 0 spiro atoms. The number of nitrogens with one attached hydrogen (secondary N) is 2. The molecule has 0 atom stereocenters. The Morgan fingerprint density at radius 3 is 2.71 bits per heavy atom. The van der Waals surface area contributed by atoms with Gasteiger partial charge in [-0.3, -0.25) is 14.5 Å². The molecule has 128 valence electrons. The Kier molecular flexibility index (Phi) is 6.45. The lowest BCUT2D eigenvalue weighted by molar-refractivity contribution is -0.122. The largest absolute Gasteiger partial charge is 0.358 e. The number of hydrogen-bond acceptors (Lipinski definition) is 5. The lowest BCUT2D eigenvalue weighted by Gasteiger charge is -2.14. The first-order valence-electron chi connectivity index (χ1n) is 7.65. The Hall–Kier alpha value is -2.25. The summed E-state index contributed by atoms with van der Waals surface area (Å²) in [5.74, 6) is -0.308. The molecule has 0 radical (unpaired) electrons. The Bertz CT molecular complexity index is 714. The zero-order valence-electron chi connectivity index (χ0n) is 14.1. The molecule has 2 rings (SSSR count). The van der Waals surface area contributed by atoms with E-state index >= 15 is 0 Å². The Morgan fingerprint density at radius 2 is 2.00 bits per heavy atom. The van der Waals surface area contributed by atoms with Crippen molar-refractivity contribution in [2.75, 3.05) is 32.5 Å². The molecular formula is C17H22N4O2S. The third kappa shape index (κ3) is 5.75. The second-order valence-corrected chi connectivity index (χ2v) is 6.81. The molecule has 2 amide bonds. The van der Waals surface area contributed by atoms with E-state index in [0.29, 0.717) is 5.13 Å². The lowest BCUT2D eigenvalue weighted by atomic mass is 10.1. The molecule has 1 aromatic heterocycles. The van der Waals surface area contributed by atoms with Gasteiger partial charge in [0.25, 0.3) is 0 Å². The highest BCUT2D eigenvalue weighted by molar-refractivity contribution is 7.15. The monoisotopic (exact) mass is 346 g/mol. The van der Waals surface area contributed by atoms with Gasteiger partial charge >= 0.3 is 0 Å². The van der Waals surface area contributed by atoms with Gasteiger partial charge < -0.3 is 10.6 Å². The number of carbonyl (C=O) groups excluding carboxylic acids is 2. The maximum atomic E-state index is 12.0. The van der Waals surface area contributed by atoms with E-state index < -0.39 is 0 Å². The van der Waals surface area contributed by atoms with Crippen molar-refractivity contribution in [2.45, 2.75) is 13.3 Å². The zero-order valence-corrected chi connectivity index (χ0v) is 14.9. The van der Waals surface area contributed by atoms with Crippen molar-refractivity contribution in [3.63, 3.8) is 0 Å². The SMILES string of the molecule is CNC(=O)CN(C)CC(=O)Nc1ncc(Cc2cccc(C)c2)s1. The summed E-state index contributed by atoms with van der Waals surface area (Å²) in [4.78, 5) is 30.2. The number of nitrogens with zero attached hydrogens (tertiary/aromatic N) is 2. The molecule has 2 aromatic rings. The van der Waals surface area contributed by atoms with Crippen molar-refractivity contribution >= 4 is 28.3 Å². The van der Waals surface area contributed by atoms with Crippen molar-refractivity contribution in [3.8, 4) is 0 Å². The van der Waals surface area contributed by atoms with E-state index in [1.54, 1.807) is 25.2 Å². The van der Waals surface area contributed by atoms with Gasteiger partial charge in [-0.05, 0) is 19.5 Å². The average Bonchev–Trinajstić information content (AvgIpc) is 2.93. The molecule has 7 heteroatoms. The standard InChI is InChI=1S/C17H22N4O2S/c1-12-5-4-6-13(7-12)8-14-9-19-17(24-14)20-16(23)11-21(3)10-15(22)18-2/h4-7,9H,8,10-11H2,1-3H3,(H,18,22)(H,19,20,23). The van der Waals surface area contributed by atoms with Gasteiger partial charge in [0.05, 0.1) is 13.1 Å². The van der Waals surface area contributed by atoms with Gasteiger partial charge in [0.1, 0.15) is 0 Å². The highest BCUT2D eigenvalue weighted by atomic mass is 32.1. The second-order valence-electron chi connectivity index (χ2n) is 5.69. The number of thiazole rings is 1. The summed E-state index contributed by atoms with van der Waals surface area (Å²) in [5.41, 5.74) is 2.45. The highest BCUT2D eigenvalue weighted by Gasteiger charge is 2.12. The van der Waals surface area contributed by atoms with Gasteiger partial charge in [0, 0.05) is 24.5 Å². The first-order valence-corrected chi connectivity index (χ1v) is 8.47. The van der Waals surface area contributed by atoms with E-state index in [9.17, 15) is 9.59 Å². The predicted molar refractivity (Wildman–Crippen MR) is 96.3 cm³/mol. The molecule has 0 unspecified atom stereocenters. The van der Waals surface area contributed by atoms with Gasteiger partial charge in [-0.1, -0.05) is 29.8 Å². The maximum Gasteiger partial charge on any atom is 0.240 e. The van der Waals surface area contributed by atoms with Crippen LogP contribution in [0, 0.1) is 6.92 Å². The van der Waals surface area contributed by atoms with Crippen LogP contribution < -0.4 is 10.6 Å². The van der Waals surface area contributed by atoms with Crippen molar-refractivity contribution in [1.29, 1.82) is 0 Å². The molecule has 2 N–H and O–H groups in total. The van der Waals surface area contributed by atoms with Crippen LogP contribution in [-0.2, 0) is 16.0 Å². The van der Waals surface area contributed by atoms with Gasteiger partial charge in [0.2, 0.25) is 11.8 Å². The molecule has 1 aromatic carbocycles. The quantitative estimate of drug-likeness (QED) is 0.800. The highest BCUT2D eigenvalue weighted by Crippen LogP contribution is 2.21. The molecule has 0 aliphatic carbocycles. The van der Waals surface area contributed by atoms with Crippen LogP contribution in [-0.4, -0.2) is 48.9 Å². The summed E-state index contributed by atoms with van der Waals surface area (Å²) in [6, 6.07) is 8.33. The van der Waals surface area contributed by atoms with Crippen molar-refractivity contribution < 1.29 is 9.59 Å². The summed E-state index contributed by atoms with van der Waals surface area (Å²) in [6.45, 7) is 2.39. The van der Waals surface area contributed by atoms with E-state index in [1.807, 2.05) is 6.07 Å². The first kappa shape index (κ1) is 18.1. The molecule has 0 saturated carbocycles. The lowest BCUT2D eigenvalue weighted by Crippen LogP contribution is -2.37. The van der Waals surface area contributed by atoms with Gasteiger partial charge in [-0.15, -0.1) is 11.3 Å². The van der Waals surface area contributed by atoms with Crippen LogP contribution in [0.3, 0.4) is 0 Å². The second kappa shape index (κ2) is 8.56. The van der Waals surface area contributed by atoms with Crippen molar-refractivity contribution in [1.82, 2.24) is 15.2 Å². The molecule has 0 aliphatic heterocycles. The Balaban J connectivity index is 1.86. The molecule has 0 fully saturated rings. The summed E-state index contributed by atoms with van der Waals surface area (Å²) in [6.07, 6.45) is 2.59. The van der Waals surface area contributed by atoms with E-state index in [0.717, 1.165) is 11.3 Å². The number of anilines is 1. The third-order valence-electron chi connectivity index (χ3n) is 3.37. The number of hydrogen-bond donors (Lipinski definition) is 2. The molecule has 0 saturated heterocycles. The van der Waals surface area contributed by atoms with E-state index in [4.69, 9.17) is 0 Å². The smallest absolute Gasteiger partial charge is 0.240 e. The minimum absolute atomic E-state index is 0.125. The fourth-order valence-corrected chi connectivity index (χ4v) is 3.12. The summed E-state index contributed by atoms with van der Waals surface area (Å²) < 4.78 is 0. The van der Waals surface area contributed by atoms with Crippen LogP contribution in [0.1, 0.15) is 16.0 Å². The van der Waals surface area contributed by atoms with Crippen molar-refractivity contribution in [3.05, 3.63) is 46.5 Å². The third-order valence-corrected chi connectivity index (χ3v) is 4.28. The van der Waals surface area contributed by atoms with Crippen LogP contribution in [0.4, 0.5) is 5.13 Å². The average molecular weight is 346 g/mol. The fourth-order valence-electron chi connectivity index (χ4n) is 2.25. The molecule has 0 aliphatic rings. The number of amides is 2. The molecule has 24 heavy (non-hydrogen) atoms. The van der Waals surface area contributed by atoms with Crippen LogP contribution in [0.25, 0.3) is 0 Å². The van der Waals surface area contributed by atoms with E-state index in [-0.39, 0.29) is 24.9 Å². The van der Waals surface area contributed by atoms with Crippen LogP contribution in [0.15, 0.2) is 30.5 Å². The van der Waals surface area contributed by atoms with Crippen LogP contribution in [0.5, 0.6) is 0 Å². The fraction of sp³-hybridized carbons (Fsp3) is 0.353. The van der Waals surface area contributed by atoms with Gasteiger partial charge in [0.15, 0.2) is 5.13 Å². The predicted octanol–water partition coefficient (Wildman–Crippen LogP) is 1.66. The summed E-state index contributed by atoms with van der Waals surface area (Å²) >= 11 is 1.47. The summed E-state index contributed by atoms with van der Waals surface area (Å²) in [5, 5.41) is 5.88. The van der Waals surface area contributed by atoms with Crippen LogP contribution >= 0.6 is 11.3 Å². The summed E-state index contributed by atoms with van der Waals surface area (Å²) in [7, 11) is 3.29. The topological polar surface area (TPSA) is 74.3 Å². The van der Waals surface area contributed by atoms with Crippen molar-refractivity contribution in [2.24, 2.45) is 0 Å². The zero-order chi connectivity index (χ0) is 17.5. The maximum absolute atomic E-state index is 12.0. The van der Waals surface area contributed by atoms with Gasteiger partial charge in [-0.25, -0.2) is 4.98 Å². The normalized spacial score (nSPS) is 10.7. The van der Waals surface area contributed by atoms with Gasteiger partial charge in [-0.2, -0.15) is 0 Å². The number of rotatable bonds is 7. The number of carbonyl (C=O) groups is 2. The number of aromatic nitrogens is 1. The van der Waals surface area contributed by atoms with Crippen LogP contribution in [0.2, 0.25) is 0 Å². The minimum Gasteiger partial charge on any atom is -0.358 e. The minimum atomic E-state index is -0.183. The van der Waals surface area contributed by atoms with E-state index in [1.165, 1.54) is 22.5 Å². The molecular weight excluding hydrogens is 324 g/mol. The molecule has 6 nitrogen and oxygen atoms in total. The number of benzene rings is 1. The Labute approximate surface area is 145 Å². The van der Waals surface area contributed by atoms with E-state index in [2.05, 4.69) is 40.7 Å².